The SMILES string of the molecule is Cc1cc(C)c(CN2N=N[C@H]3C(=O)N(c4ccccc4Cl)C(=O)[C@@H]32)c(C)c1. The zero-order valence-corrected chi connectivity index (χ0v) is 16.1. The minimum Gasteiger partial charge on any atom is -0.271 e. The van der Waals surface area contributed by atoms with Gasteiger partial charge in [-0.3, -0.25) is 14.6 Å². The fraction of sp³-hybridized carbons (Fsp3) is 0.300. The lowest BCUT2D eigenvalue weighted by Gasteiger charge is -2.23. The molecular weight excluding hydrogens is 364 g/mol. The van der Waals surface area contributed by atoms with Crippen molar-refractivity contribution in [1.82, 2.24) is 5.01 Å². The van der Waals surface area contributed by atoms with Crippen molar-refractivity contribution in [2.75, 3.05) is 4.90 Å². The van der Waals surface area contributed by atoms with E-state index in [4.69, 9.17) is 11.6 Å². The first-order chi connectivity index (χ1) is 12.9. The van der Waals surface area contributed by atoms with Gasteiger partial charge in [-0.2, -0.15) is 5.11 Å². The number of nitrogens with zero attached hydrogens (tertiary/aromatic N) is 4. The Morgan fingerprint density at radius 2 is 1.70 bits per heavy atom. The Labute approximate surface area is 162 Å². The van der Waals surface area contributed by atoms with Crippen molar-refractivity contribution in [2.24, 2.45) is 10.3 Å². The lowest BCUT2D eigenvalue weighted by molar-refractivity contribution is -0.123. The van der Waals surface area contributed by atoms with E-state index in [0.29, 0.717) is 17.3 Å². The summed E-state index contributed by atoms with van der Waals surface area (Å²) >= 11 is 6.20. The van der Waals surface area contributed by atoms with Gasteiger partial charge in [-0.25, -0.2) is 4.90 Å². The highest BCUT2D eigenvalue weighted by atomic mass is 35.5. The van der Waals surface area contributed by atoms with E-state index in [1.807, 2.05) is 13.8 Å². The highest BCUT2D eigenvalue weighted by Gasteiger charge is 2.55. The van der Waals surface area contributed by atoms with Gasteiger partial charge in [0.15, 0.2) is 12.1 Å². The molecule has 1 saturated heterocycles. The number of anilines is 1. The van der Waals surface area contributed by atoms with E-state index in [1.165, 1.54) is 5.56 Å². The predicted octanol–water partition coefficient (Wildman–Crippen LogP) is 3.76. The minimum absolute atomic E-state index is 0.342. The van der Waals surface area contributed by atoms with Gasteiger partial charge in [0.2, 0.25) is 0 Å². The van der Waals surface area contributed by atoms with Crippen LogP contribution in [0, 0.1) is 20.8 Å². The van der Waals surface area contributed by atoms with Gasteiger partial charge in [0.25, 0.3) is 11.8 Å². The molecule has 2 aliphatic heterocycles. The van der Waals surface area contributed by atoms with E-state index >= 15 is 0 Å². The van der Waals surface area contributed by atoms with Crippen molar-refractivity contribution in [3.8, 4) is 0 Å². The van der Waals surface area contributed by atoms with Gasteiger partial charge in [0, 0.05) is 0 Å². The summed E-state index contributed by atoms with van der Waals surface area (Å²) in [7, 11) is 0. The second-order valence-corrected chi connectivity index (χ2v) is 7.44. The number of para-hydroxylation sites is 1. The standard InChI is InChI=1S/C20H19ClN4O2/c1-11-8-12(2)14(13(3)9-11)10-24-18-17(22-23-24)19(26)25(20(18)27)16-7-5-4-6-15(16)21/h4-9,17-18H,10H2,1-3H3/t17-,18-/m1/s1. The number of hydrogen-bond acceptors (Lipinski definition) is 5. The number of aryl methyl sites for hydroxylation is 3. The molecule has 0 N–H and O–H groups in total. The Hall–Kier alpha value is -2.73. The quantitative estimate of drug-likeness (QED) is 0.759. The number of benzene rings is 2. The minimum atomic E-state index is -0.820. The highest BCUT2D eigenvalue weighted by molar-refractivity contribution is 6.36. The molecule has 0 aliphatic carbocycles. The molecule has 2 atom stereocenters. The molecule has 0 bridgehead atoms. The van der Waals surface area contributed by atoms with Crippen LogP contribution in [0.2, 0.25) is 5.02 Å². The summed E-state index contributed by atoms with van der Waals surface area (Å²) in [6.45, 7) is 6.56. The normalized spacial score (nSPS) is 21.3. The second kappa shape index (κ2) is 6.46. The largest absolute Gasteiger partial charge is 0.271 e. The molecule has 7 heteroatoms. The molecule has 138 valence electrons. The van der Waals surface area contributed by atoms with Crippen molar-refractivity contribution in [1.29, 1.82) is 0 Å². The highest BCUT2D eigenvalue weighted by Crippen LogP contribution is 2.36. The summed E-state index contributed by atoms with van der Waals surface area (Å²) < 4.78 is 0. The van der Waals surface area contributed by atoms with Crippen molar-refractivity contribution in [3.05, 3.63) is 63.7 Å². The molecular formula is C20H19ClN4O2. The van der Waals surface area contributed by atoms with Crippen molar-refractivity contribution in [3.63, 3.8) is 0 Å². The van der Waals surface area contributed by atoms with Crippen LogP contribution in [0.25, 0.3) is 0 Å². The number of carbonyl (C=O) groups excluding carboxylic acids is 2. The number of carbonyl (C=O) groups is 2. The third-order valence-electron chi connectivity index (χ3n) is 5.11. The first kappa shape index (κ1) is 17.7. The average Bonchev–Trinajstić information content (AvgIpc) is 3.12. The fourth-order valence-corrected chi connectivity index (χ4v) is 4.07. The Balaban J connectivity index is 1.65. The maximum Gasteiger partial charge on any atom is 0.263 e. The van der Waals surface area contributed by atoms with E-state index < -0.39 is 12.1 Å². The molecule has 2 aromatic carbocycles. The van der Waals surface area contributed by atoms with Crippen LogP contribution >= 0.6 is 11.6 Å². The van der Waals surface area contributed by atoms with Crippen LogP contribution in [0.3, 0.4) is 0 Å². The molecule has 27 heavy (non-hydrogen) atoms. The van der Waals surface area contributed by atoms with Gasteiger partial charge in [-0.05, 0) is 49.6 Å². The number of rotatable bonds is 3. The number of amides is 2. The Morgan fingerprint density at radius 1 is 1.04 bits per heavy atom. The molecule has 0 spiro atoms. The van der Waals surface area contributed by atoms with E-state index in [0.717, 1.165) is 21.6 Å². The summed E-state index contributed by atoms with van der Waals surface area (Å²) in [5.74, 6) is -0.729. The molecule has 6 nitrogen and oxygen atoms in total. The molecule has 2 heterocycles. The summed E-state index contributed by atoms with van der Waals surface area (Å²) in [6, 6.07) is 9.48. The second-order valence-electron chi connectivity index (χ2n) is 7.03. The van der Waals surface area contributed by atoms with Crippen LogP contribution in [0.15, 0.2) is 46.7 Å². The number of fused-ring (bicyclic) bond motifs is 1. The first-order valence-corrected chi connectivity index (χ1v) is 9.12. The van der Waals surface area contributed by atoms with Gasteiger partial charge in [-0.1, -0.05) is 46.7 Å². The van der Waals surface area contributed by atoms with Crippen molar-refractivity contribution < 1.29 is 9.59 Å². The monoisotopic (exact) mass is 382 g/mol. The molecule has 2 aromatic rings. The van der Waals surface area contributed by atoms with E-state index in [-0.39, 0.29) is 11.8 Å². The van der Waals surface area contributed by atoms with Crippen LogP contribution in [0.5, 0.6) is 0 Å². The smallest absolute Gasteiger partial charge is 0.263 e. The third kappa shape index (κ3) is 2.80. The molecule has 2 aliphatic rings. The maximum atomic E-state index is 13.1. The number of hydrogen-bond donors (Lipinski definition) is 0. The summed E-state index contributed by atoms with van der Waals surface area (Å²) in [4.78, 5) is 27.0. The molecule has 0 unspecified atom stereocenters. The Kier molecular flexibility index (Phi) is 4.23. The van der Waals surface area contributed by atoms with Crippen LogP contribution in [-0.2, 0) is 16.1 Å². The molecule has 0 aromatic heterocycles. The predicted molar refractivity (Wildman–Crippen MR) is 103 cm³/mol. The molecule has 4 rings (SSSR count). The average molecular weight is 383 g/mol. The lowest BCUT2D eigenvalue weighted by atomic mass is 9.99. The fourth-order valence-electron chi connectivity index (χ4n) is 3.85. The van der Waals surface area contributed by atoms with Gasteiger partial charge in [0.05, 0.1) is 17.3 Å². The molecule has 0 saturated carbocycles. The van der Waals surface area contributed by atoms with Crippen molar-refractivity contribution in [2.45, 2.75) is 39.4 Å². The van der Waals surface area contributed by atoms with Crippen LogP contribution < -0.4 is 4.90 Å². The van der Waals surface area contributed by atoms with E-state index in [9.17, 15) is 9.59 Å². The van der Waals surface area contributed by atoms with Gasteiger partial charge < -0.3 is 0 Å². The van der Waals surface area contributed by atoms with Gasteiger partial charge in [-0.15, -0.1) is 0 Å². The third-order valence-corrected chi connectivity index (χ3v) is 5.43. The van der Waals surface area contributed by atoms with Gasteiger partial charge in [0.1, 0.15) is 0 Å². The Bertz CT molecular complexity index is 965. The Morgan fingerprint density at radius 3 is 2.37 bits per heavy atom. The van der Waals surface area contributed by atoms with Crippen molar-refractivity contribution >= 4 is 29.1 Å². The number of imide groups is 1. The maximum absolute atomic E-state index is 13.1. The lowest BCUT2D eigenvalue weighted by Crippen LogP contribution is -2.39. The zero-order chi connectivity index (χ0) is 19.3. The summed E-state index contributed by atoms with van der Waals surface area (Å²) in [5, 5.41) is 10.2. The summed E-state index contributed by atoms with van der Waals surface area (Å²) in [5.41, 5.74) is 4.93. The van der Waals surface area contributed by atoms with Crippen LogP contribution in [-0.4, -0.2) is 28.9 Å². The van der Waals surface area contributed by atoms with E-state index in [1.54, 1.807) is 29.3 Å². The first-order valence-electron chi connectivity index (χ1n) is 8.75. The van der Waals surface area contributed by atoms with E-state index in [2.05, 4.69) is 29.4 Å². The van der Waals surface area contributed by atoms with Crippen LogP contribution in [0.1, 0.15) is 22.3 Å². The zero-order valence-electron chi connectivity index (χ0n) is 15.3. The summed E-state index contributed by atoms with van der Waals surface area (Å²) in [6.07, 6.45) is 0. The molecule has 2 amide bonds. The number of halogens is 1. The van der Waals surface area contributed by atoms with Crippen LogP contribution in [0.4, 0.5) is 5.69 Å². The molecule has 1 fully saturated rings. The van der Waals surface area contributed by atoms with Gasteiger partial charge >= 0.3 is 0 Å². The topological polar surface area (TPSA) is 65.3 Å². The molecule has 0 radical (unpaired) electrons.